The van der Waals surface area contributed by atoms with E-state index in [0.29, 0.717) is 0 Å². The van der Waals surface area contributed by atoms with Gasteiger partial charge in [-0.05, 0) is 54.5 Å². The highest BCUT2D eigenvalue weighted by Gasteiger charge is 2.11. The predicted octanol–water partition coefficient (Wildman–Crippen LogP) is 2.06. The van der Waals surface area contributed by atoms with E-state index in [4.69, 9.17) is 5.11 Å². The minimum absolute atomic E-state index is 0.0562. The van der Waals surface area contributed by atoms with Crippen LogP contribution in [0.1, 0.15) is 19.4 Å². The summed E-state index contributed by atoms with van der Waals surface area (Å²) >= 11 is 0. The summed E-state index contributed by atoms with van der Waals surface area (Å²) in [5.41, 5.74) is 1.85. The van der Waals surface area contributed by atoms with E-state index in [2.05, 4.69) is 36.2 Å². The van der Waals surface area contributed by atoms with Crippen LogP contribution >= 0.6 is 0 Å². The molecule has 27 heavy (non-hydrogen) atoms. The smallest absolute Gasteiger partial charge is 0.262 e. The fourth-order valence-corrected chi connectivity index (χ4v) is 2.81. The van der Waals surface area contributed by atoms with Gasteiger partial charge in [-0.25, -0.2) is 0 Å². The zero-order chi connectivity index (χ0) is 19.8. The summed E-state index contributed by atoms with van der Waals surface area (Å²) in [6, 6.07) is 13.9. The number of hydrogen-bond acceptors (Lipinski definition) is 5. The monoisotopic (exact) mass is 367 g/mol. The molecule has 1 atom stereocenters. The Morgan fingerprint density at radius 1 is 1.22 bits per heavy atom. The number of benzene rings is 2. The van der Waals surface area contributed by atoms with Gasteiger partial charge in [0.1, 0.15) is 11.6 Å². The van der Waals surface area contributed by atoms with E-state index >= 15 is 0 Å². The van der Waals surface area contributed by atoms with E-state index in [9.17, 15) is 15.2 Å². The van der Waals surface area contributed by atoms with Crippen LogP contribution in [-0.2, 0) is 4.79 Å². The summed E-state index contributed by atoms with van der Waals surface area (Å²) in [6.45, 7) is 5.56. The first-order valence-electron chi connectivity index (χ1n) is 9.00. The molecule has 0 saturated carbocycles. The number of carbonyl (C=O) groups is 1. The van der Waals surface area contributed by atoms with Crippen molar-refractivity contribution in [2.45, 2.75) is 20.0 Å². The molecule has 0 heterocycles. The van der Waals surface area contributed by atoms with E-state index in [1.165, 1.54) is 6.08 Å². The lowest BCUT2D eigenvalue weighted by Gasteiger charge is -2.21. The van der Waals surface area contributed by atoms with Crippen LogP contribution in [-0.4, -0.2) is 48.5 Å². The summed E-state index contributed by atoms with van der Waals surface area (Å²) in [7, 11) is 0. The van der Waals surface area contributed by atoms with Gasteiger partial charge in [-0.15, -0.1) is 0 Å². The first kappa shape index (κ1) is 20.4. The normalized spacial score (nSPS) is 12.5. The average molecular weight is 367 g/mol. The second-order valence-corrected chi connectivity index (χ2v) is 6.18. The van der Waals surface area contributed by atoms with E-state index in [-0.39, 0.29) is 12.1 Å². The number of anilines is 1. The van der Waals surface area contributed by atoms with Crippen LogP contribution in [0.5, 0.6) is 0 Å². The number of rotatable bonds is 8. The third-order valence-corrected chi connectivity index (χ3v) is 4.36. The maximum atomic E-state index is 12.0. The Hall–Kier alpha value is -2.88. The number of hydrogen-bond donors (Lipinski definition) is 3. The Morgan fingerprint density at radius 2 is 1.89 bits per heavy atom. The number of aliphatic hydroxyl groups excluding tert-OH is 2. The highest BCUT2D eigenvalue weighted by atomic mass is 16.3. The number of nitriles is 1. The lowest BCUT2D eigenvalue weighted by Crippen LogP contribution is -2.34. The van der Waals surface area contributed by atoms with Gasteiger partial charge in [-0.2, -0.15) is 5.26 Å². The van der Waals surface area contributed by atoms with Gasteiger partial charge in [0.25, 0.3) is 5.91 Å². The van der Waals surface area contributed by atoms with Crippen molar-refractivity contribution in [3.8, 4) is 6.07 Å². The highest BCUT2D eigenvalue weighted by molar-refractivity contribution is 6.02. The fourth-order valence-electron chi connectivity index (χ4n) is 2.81. The Balaban J connectivity index is 2.24. The molecule has 0 aliphatic heterocycles. The minimum atomic E-state index is -1.05. The van der Waals surface area contributed by atoms with Gasteiger partial charge in [-0.1, -0.05) is 18.2 Å². The van der Waals surface area contributed by atoms with E-state index < -0.39 is 18.6 Å². The lowest BCUT2D eigenvalue weighted by atomic mass is 10.0. The van der Waals surface area contributed by atoms with Crippen LogP contribution in [0.25, 0.3) is 16.8 Å². The summed E-state index contributed by atoms with van der Waals surface area (Å²) in [4.78, 5) is 14.3. The summed E-state index contributed by atoms with van der Waals surface area (Å²) in [5, 5.41) is 31.9. The molecular formula is C21H25N3O3. The van der Waals surface area contributed by atoms with Crippen LogP contribution in [0, 0.1) is 11.3 Å². The first-order valence-corrected chi connectivity index (χ1v) is 9.00. The van der Waals surface area contributed by atoms with Gasteiger partial charge < -0.3 is 20.4 Å². The Kier molecular flexibility index (Phi) is 7.35. The summed E-state index contributed by atoms with van der Waals surface area (Å²) in [5.74, 6) is -0.582. The number of aliphatic hydroxyl groups is 2. The molecule has 0 fully saturated rings. The Morgan fingerprint density at radius 3 is 2.52 bits per heavy atom. The van der Waals surface area contributed by atoms with Crippen molar-refractivity contribution in [3.05, 3.63) is 47.5 Å². The molecule has 0 aromatic heterocycles. The van der Waals surface area contributed by atoms with Gasteiger partial charge in [0.15, 0.2) is 0 Å². The molecule has 2 rings (SSSR count). The van der Waals surface area contributed by atoms with Crippen LogP contribution in [0.2, 0.25) is 0 Å². The van der Waals surface area contributed by atoms with Gasteiger partial charge in [0, 0.05) is 25.3 Å². The Bertz CT molecular complexity index is 867. The molecule has 0 aliphatic rings. The van der Waals surface area contributed by atoms with Crippen molar-refractivity contribution in [2.24, 2.45) is 0 Å². The molecule has 3 N–H and O–H groups in total. The highest BCUT2D eigenvalue weighted by Crippen LogP contribution is 2.24. The van der Waals surface area contributed by atoms with Crippen molar-refractivity contribution in [1.82, 2.24) is 5.32 Å². The topological polar surface area (TPSA) is 96.6 Å². The van der Waals surface area contributed by atoms with Crippen molar-refractivity contribution in [1.29, 1.82) is 5.26 Å². The second kappa shape index (κ2) is 9.72. The van der Waals surface area contributed by atoms with Gasteiger partial charge >= 0.3 is 0 Å². The molecule has 0 aliphatic carbocycles. The maximum absolute atomic E-state index is 12.0. The number of fused-ring (bicyclic) bond motifs is 1. The van der Waals surface area contributed by atoms with E-state index in [1.54, 1.807) is 0 Å². The Labute approximate surface area is 159 Å². The number of carbonyl (C=O) groups excluding carboxylic acids is 1. The quantitative estimate of drug-likeness (QED) is 0.490. The SMILES string of the molecule is CCN(CC)c1ccc2cc(/C=C(\C#N)C(=O)NCC(O)CO)ccc2c1. The molecule has 2 aromatic carbocycles. The molecule has 0 radical (unpaired) electrons. The van der Waals surface area contributed by atoms with Crippen molar-refractivity contribution in [3.63, 3.8) is 0 Å². The summed E-state index contributed by atoms with van der Waals surface area (Å²) in [6.07, 6.45) is 0.466. The standard InChI is InChI=1S/C21H25N3O3/c1-3-24(4-2)19-8-7-16-9-15(5-6-17(16)11-19)10-18(12-22)21(27)23-13-20(26)14-25/h5-11,20,25-26H,3-4,13-14H2,1-2H3,(H,23,27)/b18-10+. The van der Waals surface area contributed by atoms with Crippen LogP contribution in [0.3, 0.4) is 0 Å². The largest absolute Gasteiger partial charge is 0.394 e. The zero-order valence-electron chi connectivity index (χ0n) is 15.6. The first-order chi connectivity index (χ1) is 13.0. The molecule has 6 heteroatoms. The molecular weight excluding hydrogens is 342 g/mol. The summed E-state index contributed by atoms with van der Waals surface area (Å²) < 4.78 is 0. The van der Waals surface area contributed by atoms with Gasteiger partial charge in [0.05, 0.1) is 12.7 Å². The third kappa shape index (κ3) is 5.30. The van der Waals surface area contributed by atoms with Crippen molar-refractivity contribution in [2.75, 3.05) is 31.1 Å². The van der Waals surface area contributed by atoms with Crippen molar-refractivity contribution < 1.29 is 15.0 Å². The molecule has 1 unspecified atom stereocenters. The van der Waals surface area contributed by atoms with E-state index in [1.807, 2.05) is 30.3 Å². The van der Waals surface area contributed by atoms with Crippen LogP contribution in [0.15, 0.2) is 42.0 Å². The second-order valence-electron chi connectivity index (χ2n) is 6.18. The minimum Gasteiger partial charge on any atom is -0.394 e. The predicted molar refractivity (Wildman–Crippen MR) is 107 cm³/mol. The molecule has 0 spiro atoms. The van der Waals surface area contributed by atoms with Crippen molar-refractivity contribution >= 4 is 28.4 Å². The van der Waals surface area contributed by atoms with E-state index in [0.717, 1.165) is 35.1 Å². The zero-order valence-corrected chi connectivity index (χ0v) is 15.6. The van der Waals surface area contributed by atoms with Crippen LogP contribution in [0.4, 0.5) is 5.69 Å². The number of nitrogens with zero attached hydrogens (tertiary/aromatic N) is 2. The molecule has 0 bridgehead atoms. The molecule has 2 aromatic rings. The lowest BCUT2D eigenvalue weighted by molar-refractivity contribution is -0.117. The van der Waals surface area contributed by atoms with Gasteiger partial charge in [-0.3, -0.25) is 4.79 Å². The molecule has 1 amide bonds. The maximum Gasteiger partial charge on any atom is 0.262 e. The molecule has 0 saturated heterocycles. The third-order valence-electron chi connectivity index (χ3n) is 4.36. The van der Waals surface area contributed by atoms with Gasteiger partial charge in [0.2, 0.25) is 0 Å². The molecule has 142 valence electrons. The average Bonchev–Trinajstić information content (AvgIpc) is 2.70. The fraction of sp³-hybridized carbons (Fsp3) is 0.333. The number of amides is 1. The molecule has 6 nitrogen and oxygen atoms in total. The number of nitrogens with one attached hydrogen (secondary N) is 1. The van der Waals surface area contributed by atoms with Crippen LogP contribution < -0.4 is 10.2 Å².